The molecule has 0 bridgehead atoms. The van der Waals surface area contributed by atoms with Crippen LogP contribution in [0.15, 0.2) is 40.2 Å². The lowest BCUT2D eigenvalue weighted by Crippen LogP contribution is -2.38. The van der Waals surface area contributed by atoms with E-state index in [1.54, 1.807) is 0 Å². The van der Waals surface area contributed by atoms with Crippen LogP contribution in [0.25, 0.3) is 16.8 Å². The highest BCUT2D eigenvalue weighted by atomic mass is 79.9. The maximum absolute atomic E-state index is 13.3. The minimum Gasteiger partial charge on any atom is -0.379 e. The van der Waals surface area contributed by atoms with Crippen molar-refractivity contribution < 1.29 is 9.53 Å². The predicted octanol–water partition coefficient (Wildman–Crippen LogP) is 3.98. The van der Waals surface area contributed by atoms with Gasteiger partial charge in [-0.1, -0.05) is 12.1 Å². The van der Waals surface area contributed by atoms with Gasteiger partial charge >= 0.3 is 0 Å². The fourth-order valence-electron chi connectivity index (χ4n) is 4.02. The first-order chi connectivity index (χ1) is 14.1. The van der Waals surface area contributed by atoms with E-state index in [-0.39, 0.29) is 5.78 Å². The molecule has 0 saturated carbocycles. The van der Waals surface area contributed by atoms with E-state index in [1.807, 2.05) is 35.6 Å². The molecule has 8 heteroatoms. The third-order valence-electron chi connectivity index (χ3n) is 5.44. The highest BCUT2D eigenvalue weighted by molar-refractivity contribution is 9.11. The lowest BCUT2D eigenvalue weighted by molar-refractivity contribution is 0.0366. The third kappa shape index (κ3) is 3.34. The summed E-state index contributed by atoms with van der Waals surface area (Å²) in [5, 5.41) is 0. The molecule has 0 amide bonds. The number of imidazole rings is 2. The van der Waals surface area contributed by atoms with E-state index >= 15 is 0 Å². The number of carbonyl (C=O) groups excluding carboxylic acids is 1. The minimum absolute atomic E-state index is 0.0155. The van der Waals surface area contributed by atoms with Gasteiger partial charge in [-0.05, 0) is 47.1 Å². The number of rotatable bonds is 5. The molecule has 4 heterocycles. The van der Waals surface area contributed by atoms with E-state index in [2.05, 4.69) is 37.5 Å². The van der Waals surface area contributed by atoms with Crippen molar-refractivity contribution in [2.75, 3.05) is 32.8 Å². The fourth-order valence-corrected chi connectivity index (χ4v) is 5.35. The zero-order valence-electron chi connectivity index (χ0n) is 16.1. The molecule has 1 aliphatic heterocycles. The summed E-state index contributed by atoms with van der Waals surface area (Å²) in [6, 6.07) is 12.0. The number of fused-ring (bicyclic) bond motifs is 3. The van der Waals surface area contributed by atoms with Crippen LogP contribution in [0.5, 0.6) is 0 Å². The molecule has 0 unspecified atom stereocenters. The maximum Gasteiger partial charge on any atom is 0.221 e. The molecular weight excluding hydrogens is 452 g/mol. The molecule has 0 spiro atoms. The molecule has 1 aromatic carbocycles. The van der Waals surface area contributed by atoms with E-state index in [0.29, 0.717) is 10.6 Å². The number of hydrogen-bond donors (Lipinski definition) is 0. The Morgan fingerprint density at radius 2 is 1.90 bits per heavy atom. The van der Waals surface area contributed by atoms with Crippen molar-refractivity contribution in [3.63, 3.8) is 0 Å². The van der Waals surface area contributed by atoms with Gasteiger partial charge in [0.05, 0.1) is 38.6 Å². The summed E-state index contributed by atoms with van der Waals surface area (Å²) in [6.07, 6.45) is 0. The molecular formula is C21H21BrN4O2S. The van der Waals surface area contributed by atoms with Crippen molar-refractivity contribution in [3.8, 4) is 0 Å². The summed E-state index contributed by atoms with van der Waals surface area (Å²) in [7, 11) is 0. The van der Waals surface area contributed by atoms with Gasteiger partial charge < -0.3 is 9.30 Å². The Morgan fingerprint density at radius 1 is 1.14 bits per heavy atom. The fraction of sp³-hybridized carbons (Fsp3) is 0.333. The number of halogens is 1. The van der Waals surface area contributed by atoms with E-state index in [4.69, 9.17) is 9.72 Å². The Bertz CT molecular complexity index is 1200. The third-order valence-corrected chi connectivity index (χ3v) is 7.07. The lowest BCUT2D eigenvalue weighted by atomic mass is 10.2. The number of ketones is 1. The van der Waals surface area contributed by atoms with Gasteiger partial charge in [0.25, 0.3) is 0 Å². The summed E-state index contributed by atoms with van der Waals surface area (Å²) in [6.45, 7) is 7.18. The molecule has 0 aliphatic carbocycles. The Kier molecular flexibility index (Phi) is 5.03. The Morgan fingerprint density at radius 3 is 2.62 bits per heavy atom. The van der Waals surface area contributed by atoms with E-state index in [9.17, 15) is 4.79 Å². The van der Waals surface area contributed by atoms with Crippen molar-refractivity contribution in [2.45, 2.75) is 13.5 Å². The lowest BCUT2D eigenvalue weighted by Gasteiger charge is -2.26. The van der Waals surface area contributed by atoms with Gasteiger partial charge in [0.2, 0.25) is 11.6 Å². The monoisotopic (exact) mass is 472 g/mol. The average molecular weight is 473 g/mol. The molecule has 1 saturated heterocycles. The first-order valence-corrected chi connectivity index (χ1v) is 11.3. The Hall–Kier alpha value is -2.00. The number of carbonyl (C=O) groups is 1. The van der Waals surface area contributed by atoms with Crippen molar-refractivity contribution in [1.29, 1.82) is 0 Å². The molecule has 1 aliphatic rings. The van der Waals surface area contributed by atoms with Crippen LogP contribution < -0.4 is 0 Å². The van der Waals surface area contributed by atoms with E-state index < -0.39 is 0 Å². The van der Waals surface area contributed by atoms with Crippen molar-refractivity contribution >= 4 is 49.9 Å². The smallest absolute Gasteiger partial charge is 0.221 e. The number of hydrogen-bond acceptors (Lipinski definition) is 5. The molecule has 6 nitrogen and oxygen atoms in total. The van der Waals surface area contributed by atoms with Crippen LogP contribution in [0.1, 0.15) is 21.1 Å². The number of thiophene rings is 1. The molecule has 29 heavy (non-hydrogen) atoms. The van der Waals surface area contributed by atoms with Gasteiger partial charge in [0.15, 0.2) is 0 Å². The first kappa shape index (κ1) is 19.0. The van der Waals surface area contributed by atoms with Crippen molar-refractivity contribution in [2.24, 2.45) is 0 Å². The Labute approximate surface area is 180 Å². The van der Waals surface area contributed by atoms with Crippen LogP contribution in [0.4, 0.5) is 0 Å². The molecule has 0 atom stereocenters. The Balaban J connectivity index is 1.61. The van der Waals surface area contributed by atoms with Crippen LogP contribution in [-0.2, 0) is 11.3 Å². The van der Waals surface area contributed by atoms with Gasteiger partial charge in [0.1, 0.15) is 5.69 Å². The van der Waals surface area contributed by atoms with Crippen molar-refractivity contribution in [1.82, 2.24) is 18.9 Å². The molecule has 1 fully saturated rings. The van der Waals surface area contributed by atoms with Crippen LogP contribution in [0.3, 0.4) is 0 Å². The summed E-state index contributed by atoms with van der Waals surface area (Å²) in [5.74, 6) is 0.845. The summed E-state index contributed by atoms with van der Waals surface area (Å²) in [4.78, 5) is 21.3. The number of ether oxygens (including phenoxy) is 1. The molecule has 150 valence electrons. The van der Waals surface area contributed by atoms with Gasteiger partial charge in [0, 0.05) is 26.2 Å². The quantitative estimate of drug-likeness (QED) is 0.412. The van der Waals surface area contributed by atoms with E-state index in [1.165, 1.54) is 11.3 Å². The molecule has 5 rings (SSSR count). The molecule has 4 aromatic rings. The summed E-state index contributed by atoms with van der Waals surface area (Å²) in [5.41, 5.74) is 3.53. The van der Waals surface area contributed by atoms with Crippen LogP contribution in [-0.4, -0.2) is 57.5 Å². The van der Waals surface area contributed by atoms with Gasteiger partial charge in [-0.25, -0.2) is 4.98 Å². The minimum atomic E-state index is 0.0155. The summed E-state index contributed by atoms with van der Waals surface area (Å²) >= 11 is 4.91. The number of aromatic nitrogens is 3. The van der Waals surface area contributed by atoms with Crippen LogP contribution in [0, 0.1) is 6.92 Å². The maximum atomic E-state index is 13.3. The average Bonchev–Trinajstić information content (AvgIpc) is 3.39. The van der Waals surface area contributed by atoms with Gasteiger partial charge in [-0.2, -0.15) is 0 Å². The second-order valence-corrected chi connectivity index (χ2v) is 9.67. The highest BCUT2D eigenvalue weighted by Gasteiger charge is 2.24. The number of morpholine rings is 1. The van der Waals surface area contributed by atoms with Gasteiger partial charge in [-0.15, -0.1) is 11.3 Å². The molecule has 0 radical (unpaired) electrons. The normalized spacial score (nSPS) is 15.5. The van der Waals surface area contributed by atoms with Crippen molar-refractivity contribution in [3.05, 3.63) is 56.4 Å². The first-order valence-electron chi connectivity index (χ1n) is 9.70. The number of nitrogens with zero attached hydrogens (tertiary/aromatic N) is 4. The SMILES string of the molecule is Cc1nc2n(CCN3CCOCC3)c3ccccc3n2c1C(=O)c1ccc(Br)s1. The zero-order valence-corrected chi connectivity index (χ0v) is 18.5. The second kappa shape index (κ2) is 7.68. The topological polar surface area (TPSA) is 51.8 Å². The van der Waals surface area contributed by atoms with E-state index in [0.717, 1.165) is 65.7 Å². The number of benzene rings is 1. The second-order valence-electron chi connectivity index (χ2n) is 7.21. The predicted molar refractivity (Wildman–Crippen MR) is 118 cm³/mol. The highest BCUT2D eigenvalue weighted by Crippen LogP contribution is 2.29. The van der Waals surface area contributed by atoms with Gasteiger partial charge in [-0.3, -0.25) is 14.1 Å². The standard InChI is InChI=1S/C21H21BrN4O2S/c1-14-19(20(27)17-6-7-18(22)29-17)26-16-5-3-2-4-15(16)25(21(26)23-14)9-8-24-10-12-28-13-11-24/h2-7H,8-13H2,1H3. The molecule has 0 N–H and O–H groups in total. The molecule has 3 aromatic heterocycles. The summed E-state index contributed by atoms with van der Waals surface area (Å²) < 4.78 is 10.7. The largest absolute Gasteiger partial charge is 0.379 e. The number of aryl methyl sites for hydroxylation is 1. The zero-order chi connectivity index (χ0) is 20.0. The van der Waals surface area contributed by atoms with Crippen LogP contribution in [0.2, 0.25) is 0 Å². The number of para-hydroxylation sites is 2. The van der Waals surface area contributed by atoms with Crippen LogP contribution >= 0.6 is 27.3 Å².